The second-order valence-electron chi connectivity index (χ2n) is 4.53. The van der Waals surface area contributed by atoms with Crippen LogP contribution < -0.4 is 5.32 Å². The zero-order valence-corrected chi connectivity index (χ0v) is 10.7. The van der Waals surface area contributed by atoms with Crippen LogP contribution in [-0.4, -0.2) is 50.1 Å². The Morgan fingerprint density at radius 1 is 1.41 bits per heavy atom. The zero-order chi connectivity index (χ0) is 12.7. The molecule has 1 heterocycles. The third kappa shape index (κ3) is 5.68. The van der Waals surface area contributed by atoms with Crippen molar-refractivity contribution in [3.8, 4) is 0 Å². The molecule has 0 aromatic rings. The summed E-state index contributed by atoms with van der Waals surface area (Å²) in [6.07, 6.45) is 1.53. The summed E-state index contributed by atoms with van der Waals surface area (Å²) in [7, 11) is 2.09. The van der Waals surface area contributed by atoms with E-state index in [4.69, 9.17) is 4.74 Å². The van der Waals surface area contributed by atoms with E-state index in [0.29, 0.717) is 19.1 Å². The van der Waals surface area contributed by atoms with Crippen LogP contribution in [0.5, 0.6) is 0 Å². The molecule has 5 nitrogen and oxygen atoms in total. The first-order chi connectivity index (χ1) is 8.11. The molecule has 1 saturated heterocycles. The minimum absolute atomic E-state index is 0.0624. The van der Waals surface area contributed by atoms with E-state index >= 15 is 0 Å². The number of nitrogens with one attached hydrogen (secondary N) is 1. The number of nitrogens with zero attached hydrogens (tertiary/aromatic N) is 1. The molecule has 1 aliphatic rings. The van der Waals surface area contributed by atoms with Crippen LogP contribution in [0.4, 0.5) is 0 Å². The van der Waals surface area contributed by atoms with Crippen molar-refractivity contribution in [1.82, 2.24) is 10.2 Å². The van der Waals surface area contributed by atoms with Crippen molar-refractivity contribution in [3.05, 3.63) is 0 Å². The molecule has 1 atom stereocenters. The van der Waals surface area contributed by atoms with E-state index < -0.39 is 0 Å². The maximum atomic E-state index is 11.5. The molecule has 1 amide bonds. The number of rotatable bonds is 6. The topological polar surface area (TPSA) is 58.6 Å². The van der Waals surface area contributed by atoms with Gasteiger partial charge in [-0.2, -0.15) is 0 Å². The summed E-state index contributed by atoms with van der Waals surface area (Å²) in [6, 6.07) is 0. The minimum atomic E-state index is -0.303. The molecule has 0 aromatic heterocycles. The van der Waals surface area contributed by atoms with Gasteiger partial charge in [-0.3, -0.25) is 9.59 Å². The van der Waals surface area contributed by atoms with Crippen LogP contribution in [0.25, 0.3) is 0 Å². The van der Waals surface area contributed by atoms with Crippen molar-refractivity contribution in [1.29, 1.82) is 0 Å². The van der Waals surface area contributed by atoms with Crippen molar-refractivity contribution in [2.45, 2.75) is 26.2 Å². The van der Waals surface area contributed by atoms with Gasteiger partial charge in [-0.15, -0.1) is 0 Å². The van der Waals surface area contributed by atoms with Crippen LogP contribution in [-0.2, 0) is 14.3 Å². The van der Waals surface area contributed by atoms with E-state index in [0.717, 1.165) is 19.5 Å². The van der Waals surface area contributed by atoms with E-state index in [-0.39, 0.29) is 24.7 Å². The van der Waals surface area contributed by atoms with Crippen molar-refractivity contribution >= 4 is 11.9 Å². The van der Waals surface area contributed by atoms with Gasteiger partial charge < -0.3 is 15.0 Å². The fourth-order valence-electron chi connectivity index (χ4n) is 1.99. The Labute approximate surface area is 102 Å². The van der Waals surface area contributed by atoms with Crippen LogP contribution in [0.15, 0.2) is 0 Å². The maximum absolute atomic E-state index is 11.5. The molecular weight excluding hydrogens is 220 g/mol. The number of hydrogen-bond donors (Lipinski definition) is 1. The highest BCUT2D eigenvalue weighted by Crippen LogP contribution is 2.12. The lowest BCUT2D eigenvalue weighted by Gasteiger charge is -2.11. The Morgan fingerprint density at radius 2 is 2.18 bits per heavy atom. The monoisotopic (exact) mass is 242 g/mol. The largest absolute Gasteiger partial charge is 0.466 e. The molecule has 0 aromatic carbocycles. The number of hydrogen-bond acceptors (Lipinski definition) is 4. The second kappa shape index (κ2) is 7.27. The summed E-state index contributed by atoms with van der Waals surface area (Å²) in [6.45, 7) is 4.98. The lowest BCUT2D eigenvalue weighted by atomic mass is 10.1. The summed E-state index contributed by atoms with van der Waals surface area (Å²) in [5.74, 6) is 0.183. The second-order valence-corrected chi connectivity index (χ2v) is 4.53. The van der Waals surface area contributed by atoms with Gasteiger partial charge in [0.15, 0.2) is 0 Å². The molecule has 0 spiro atoms. The average Bonchev–Trinajstić information content (AvgIpc) is 2.70. The number of carbonyl (C=O) groups excluding carboxylic acids is 2. The van der Waals surface area contributed by atoms with Gasteiger partial charge in [0.05, 0.1) is 13.0 Å². The van der Waals surface area contributed by atoms with Gasteiger partial charge >= 0.3 is 5.97 Å². The molecule has 17 heavy (non-hydrogen) atoms. The van der Waals surface area contributed by atoms with E-state index in [2.05, 4.69) is 17.3 Å². The zero-order valence-electron chi connectivity index (χ0n) is 10.7. The van der Waals surface area contributed by atoms with E-state index in [9.17, 15) is 9.59 Å². The molecule has 1 unspecified atom stereocenters. The molecular formula is C12H22N2O3. The summed E-state index contributed by atoms with van der Waals surface area (Å²) < 4.78 is 4.76. The normalized spacial score (nSPS) is 20.2. The van der Waals surface area contributed by atoms with E-state index in [1.165, 1.54) is 0 Å². The van der Waals surface area contributed by atoms with Crippen LogP contribution in [0, 0.1) is 5.92 Å². The van der Waals surface area contributed by atoms with Crippen LogP contribution in [0.1, 0.15) is 26.2 Å². The first kappa shape index (κ1) is 14.0. The van der Waals surface area contributed by atoms with Crippen LogP contribution in [0.2, 0.25) is 0 Å². The Hall–Kier alpha value is -1.10. The molecule has 1 rings (SSSR count). The molecule has 5 heteroatoms. The Kier molecular flexibility index (Phi) is 5.97. The number of ether oxygens (including phenoxy) is 1. The number of likely N-dealkylation sites (tertiary alicyclic amines) is 1. The van der Waals surface area contributed by atoms with Crippen LogP contribution >= 0.6 is 0 Å². The van der Waals surface area contributed by atoms with Gasteiger partial charge in [0.1, 0.15) is 0 Å². The van der Waals surface area contributed by atoms with Crippen molar-refractivity contribution in [2.24, 2.45) is 5.92 Å². The van der Waals surface area contributed by atoms with Gasteiger partial charge in [-0.05, 0) is 32.9 Å². The smallest absolute Gasteiger partial charge is 0.306 e. The van der Waals surface area contributed by atoms with Gasteiger partial charge in [0.2, 0.25) is 5.91 Å². The number of amides is 1. The Balaban J connectivity index is 2.07. The van der Waals surface area contributed by atoms with Crippen molar-refractivity contribution in [3.63, 3.8) is 0 Å². The first-order valence-corrected chi connectivity index (χ1v) is 6.22. The highest BCUT2D eigenvalue weighted by Gasteiger charge is 2.19. The molecule has 0 saturated carbocycles. The molecule has 1 aliphatic heterocycles. The van der Waals surface area contributed by atoms with Crippen molar-refractivity contribution < 1.29 is 14.3 Å². The fourth-order valence-corrected chi connectivity index (χ4v) is 1.99. The van der Waals surface area contributed by atoms with E-state index in [1.54, 1.807) is 6.92 Å². The lowest BCUT2D eigenvalue weighted by molar-refractivity contribution is -0.144. The molecule has 0 aliphatic carbocycles. The van der Waals surface area contributed by atoms with Gasteiger partial charge in [0, 0.05) is 19.5 Å². The maximum Gasteiger partial charge on any atom is 0.306 e. The predicted octanol–water partition coefficient (Wildman–Crippen LogP) is 0.398. The third-order valence-electron chi connectivity index (χ3n) is 2.94. The first-order valence-electron chi connectivity index (χ1n) is 6.22. The van der Waals surface area contributed by atoms with Crippen molar-refractivity contribution in [2.75, 3.05) is 33.3 Å². The quantitative estimate of drug-likeness (QED) is 0.685. The Bertz CT molecular complexity index is 268. The predicted molar refractivity (Wildman–Crippen MR) is 64.5 cm³/mol. The third-order valence-corrected chi connectivity index (χ3v) is 2.94. The number of esters is 1. The fraction of sp³-hybridized carbons (Fsp3) is 0.833. The minimum Gasteiger partial charge on any atom is -0.466 e. The average molecular weight is 242 g/mol. The standard InChI is InChI=1S/C12H22N2O3/c1-3-17-12(16)5-4-11(15)13-8-10-6-7-14(2)9-10/h10H,3-9H2,1-2H3,(H,13,15). The molecule has 0 bridgehead atoms. The summed E-state index contributed by atoms with van der Waals surface area (Å²) >= 11 is 0. The van der Waals surface area contributed by atoms with Gasteiger partial charge in [-0.25, -0.2) is 0 Å². The Morgan fingerprint density at radius 3 is 2.76 bits per heavy atom. The summed E-state index contributed by atoms with van der Waals surface area (Å²) in [4.78, 5) is 24.8. The highest BCUT2D eigenvalue weighted by molar-refractivity contribution is 5.81. The summed E-state index contributed by atoms with van der Waals surface area (Å²) in [5, 5.41) is 2.87. The number of carbonyl (C=O) groups is 2. The molecule has 98 valence electrons. The highest BCUT2D eigenvalue weighted by atomic mass is 16.5. The molecule has 0 radical (unpaired) electrons. The van der Waals surface area contributed by atoms with E-state index in [1.807, 2.05) is 0 Å². The molecule has 1 N–H and O–H groups in total. The van der Waals surface area contributed by atoms with Crippen LogP contribution in [0.3, 0.4) is 0 Å². The van der Waals surface area contributed by atoms with Gasteiger partial charge in [-0.1, -0.05) is 0 Å². The summed E-state index contributed by atoms with van der Waals surface area (Å²) in [5.41, 5.74) is 0. The SMILES string of the molecule is CCOC(=O)CCC(=O)NCC1CCN(C)C1. The molecule has 1 fully saturated rings. The van der Waals surface area contributed by atoms with Gasteiger partial charge in [0.25, 0.3) is 0 Å². The lowest BCUT2D eigenvalue weighted by Crippen LogP contribution is -2.30.